The Morgan fingerprint density at radius 1 is 1.23 bits per heavy atom. The van der Waals surface area contributed by atoms with Crippen molar-refractivity contribution in [1.29, 1.82) is 0 Å². The topological polar surface area (TPSA) is 26.3 Å². The molecule has 1 saturated carbocycles. The molecule has 0 aliphatic heterocycles. The molecule has 31 heavy (non-hydrogen) atoms. The monoisotopic (exact) mass is 446 g/mol. The molecule has 0 N–H and O–H groups in total. The minimum absolute atomic E-state index is 0.0387. The maximum atomic E-state index is 12.7. The third-order valence-electron chi connectivity index (χ3n) is 5.94. The fraction of sp³-hybridized carbons (Fsp3) is 0.320. The number of ether oxygens (including phenoxy) is 1. The maximum absolute atomic E-state index is 12.7. The molecule has 1 aliphatic carbocycles. The van der Waals surface area contributed by atoms with E-state index in [1.165, 1.54) is 0 Å². The molecule has 2 nitrogen and oxygen atoms in total. The van der Waals surface area contributed by atoms with Crippen molar-refractivity contribution in [3.05, 3.63) is 70.3 Å². The Hall–Kier alpha value is -2.71. The van der Waals surface area contributed by atoms with Gasteiger partial charge >= 0.3 is 12.1 Å². The molecule has 0 aromatic heterocycles. The zero-order valence-corrected chi connectivity index (χ0v) is 18.1. The van der Waals surface area contributed by atoms with Crippen LogP contribution in [0.2, 0.25) is 0 Å². The minimum Gasteiger partial charge on any atom is -0.461 e. The Bertz CT molecular complexity index is 1060. The first-order valence-corrected chi connectivity index (χ1v) is 10.1. The number of allylic oxidation sites excluding steroid dienone is 2. The minimum atomic E-state index is -4.62. The summed E-state index contributed by atoms with van der Waals surface area (Å²) in [5.41, 5.74) is 3.90. The van der Waals surface area contributed by atoms with Crippen molar-refractivity contribution < 1.29 is 22.7 Å². The predicted octanol–water partition coefficient (Wildman–Crippen LogP) is 6.64. The fourth-order valence-electron chi connectivity index (χ4n) is 3.83. The summed E-state index contributed by atoms with van der Waals surface area (Å²) in [6.45, 7) is 5.43. The highest BCUT2D eigenvalue weighted by Crippen LogP contribution is 2.60. The van der Waals surface area contributed by atoms with E-state index in [4.69, 9.17) is 22.8 Å². The lowest BCUT2D eigenvalue weighted by Gasteiger charge is -2.13. The number of halogens is 4. The highest BCUT2D eigenvalue weighted by Gasteiger charge is 2.62. The number of terminal acetylenes is 1. The van der Waals surface area contributed by atoms with Crippen LogP contribution in [0.25, 0.3) is 11.1 Å². The van der Waals surface area contributed by atoms with Gasteiger partial charge in [-0.15, -0.1) is 6.42 Å². The van der Waals surface area contributed by atoms with Crippen LogP contribution in [0.1, 0.15) is 30.5 Å². The number of hydrogen-bond donors (Lipinski definition) is 0. The molecule has 0 amide bonds. The van der Waals surface area contributed by atoms with Gasteiger partial charge in [-0.05, 0) is 52.6 Å². The number of rotatable bonds is 5. The number of hydrogen-bond acceptors (Lipinski definition) is 2. The number of benzene rings is 2. The smallest absolute Gasteiger partial charge is 0.426 e. The van der Waals surface area contributed by atoms with Crippen LogP contribution in [-0.4, -0.2) is 12.1 Å². The summed E-state index contributed by atoms with van der Waals surface area (Å²) in [6, 6.07) is 13.3. The second-order valence-electron chi connectivity index (χ2n) is 8.26. The van der Waals surface area contributed by atoms with Crippen LogP contribution < -0.4 is 0 Å². The van der Waals surface area contributed by atoms with Crippen molar-refractivity contribution in [2.24, 2.45) is 17.3 Å². The van der Waals surface area contributed by atoms with Gasteiger partial charge in [0, 0.05) is 5.56 Å². The molecule has 2 aromatic rings. The summed E-state index contributed by atoms with van der Waals surface area (Å²) in [7, 11) is 0. The molecule has 6 heteroatoms. The van der Waals surface area contributed by atoms with Crippen molar-refractivity contribution in [1.82, 2.24) is 0 Å². The van der Waals surface area contributed by atoms with Crippen molar-refractivity contribution in [2.45, 2.75) is 33.6 Å². The van der Waals surface area contributed by atoms with Crippen molar-refractivity contribution in [3.63, 3.8) is 0 Å². The molecule has 162 valence electrons. The summed E-state index contributed by atoms with van der Waals surface area (Å²) in [5.74, 6) is 0.774. The quantitative estimate of drug-likeness (QED) is 0.380. The summed E-state index contributed by atoms with van der Waals surface area (Å²) in [5, 5.41) is -1.21. The van der Waals surface area contributed by atoms with Crippen LogP contribution in [0.3, 0.4) is 0 Å². The molecule has 0 saturated heterocycles. The number of carbonyl (C=O) groups is 1. The summed E-state index contributed by atoms with van der Waals surface area (Å²) in [4.78, 5) is 12.6. The molecule has 1 fully saturated rings. The molecule has 1 aliphatic rings. The Balaban J connectivity index is 1.72. The first-order valence-electron chi connectivity index (χ1n) is 9.73. The molecule has 0 spiro atoms. The molecule has 2 unspecified atom stereocenters. The largest absolute Gasteiger partial charge is 0.461 e. The maximum Gasteiger partial charge on any atom is 0.426 e. The van der Waals surface area contributed by atoms with E-state index < -0.39 is 34.4 Å². The van der Waals surface area contributed by atoms with Gasteiger partial charge in [0.15, 0.2) is 0 Å². The first-order chi connectivity index (χ1) is 14.5. The lowest BCUT2D eigenvalue weighted by atomic mass is 9.96. The Morgan fingerprint density at radius 3 is 2.45 bits per heavy atom. The van der Waals surface area contributed by atoms with Crippen LogP contribution in [0, 0.1) is 36.5 Å². The zero-order valence-electron chi connectivity index (χ0n) is 17.4. The van der Waals surface area contributed by atoms with Crippen molar-refractivity contribution >= 4 is 17.6 Å². The van der Waals surface area contributed by atoms with Gasteiger partial charge in [0.1, 0.15) is 11.6 Å². The highest BCUT2D eigenvalue weighted by molar-refractivity contribution is 6.30. The molecule has 2 atom stereocenters. The molecule has 0 bridgehead atoms. The van der Waals surface area contributed by atoms with Crippen LogP contribution in [-0.2, 0) is 16.1 Å². The van der Waals surface area contributed by atoms with Crippen molar-refractivity contribution in [3.8, 4) is 23.5 Å². The van der Waals surface area contributed by atoms with E-state index in [-0.39, 0.29) is 6.61 Å². The van der Waals surface area contributed by atoms with Gasteiger partial charge in [-0.2, -0.15) is 13.2 Å². The molecular formula is C25H22ClF3O2. The molecule has 0 heterocycles. The van der Waals surface area contributed by atoms with Gasteiger partial charge in [0.25, 0.3) is 0 Å². The summed E-state index contributed by atoms with van der Waals surface area (Å²) >= 11 is 5.35. The van der Waals surface area contributed by atoms with Gasteiger partial charge in [0.05, 0.1) is 5.92 Å². The molecule has 2 aromatic carbocycles. The third-order valence-corrected chi connectivity index (χ3v) is 6.28. The van der Waals surface area contributed by atoms with E-state index in [9.17, 15) is 18.0 Å². The standard InChI is InChI=1S/C25H22ClF3O2/c1-5-16-9-11-17(12-10-16)19-8-6-7-18(15(19)2)14-31-23(30)22-20(24(22,3)4)13-21(26)25(27,28)29/h1,6-13,20,22H,14H2,2-4H3. The Kier molecular flexibility index (Phi) is 6.25. The lowest BCUT2D eigenvalue weighted by Crippen LogP contribution is -2.11. The van der Waals surface area contributed by atoms with Gasteiger partial charge in [-0.25, -0.2) is 0 Å². The second-order valence-corrected chi connectivity index (χ2v) is 8.66. The Labute approximate surface area is 185 Å². The van der Waals surface area contributed by atoms with E-state index in [0.29, 0.717) is 0 Å². The van der Waals surface area contributed by atoms with E-state index in [1.807, 2.05) is 49.4 Å². The average molecular weight is 447 g/mol. The van der Waals surface area contributed by atoms with Gasteiger partial charge in [-0.1, -0.05) is 67.8 Å². The van der Waals surface area contributed by atoms with Crippen molar-refractivity contribution in [2.75, 3.05) is 0 Å². The molecule has 0 radical (unpaired) electrons. The SMILES string of the molecule is C#Cc1ccc(-c2cccc(COC(=O)C3C(C=C(Cl)C(F)(F)F)C3(C)C)c2C)cc1. The second kappa shape index (κ2) is 8.43. The summed E-state index contributed by atoms with van der Waals surface area (Å²) < 4.78 is 43.6. The van der Waals surface area contributed by atoms with Crippen LogP contribution >= 0.6 is 11.6 Å². The molecule has 3 rings (SSSR count). The van der Waals surface area contributed by atoms with Gasteiger partial charge in [0.2, 0.25) is 0 Å². The van der Waals surface area contributed by atoms with Crippen LogP contribution in [0.4, 0.5) is 13.2 Å². The fourth-order valence-corrected chi connectivity index (χ4v) is 3.96. The van der Waals surface area contributed by atoms with E-state index in [2.05, 4.69) is 5.92 Å². The number of carbonyl (C=O) groups excluding carboxylic acids is 1. The van der Waals surface area contributed by atoms with Gasteiger partial charge < -0.3 is 4.74 Å². The number of alkyl halides is 3. The van der Waals surface area contributed by atoms with E-state index in [0.717, 1.165) is 33.9 Å². The van der Waals surface area contributed by atoms with Gasteiger partial charge in [-0.3, -0.25) is 4.79 Å². The zero-order chi connectivity index (χ0) is 23.0. The predicted molar refractivity (Wildman–Crippen MR) is 115 cm³/mol. The lowest BCUT2D eigenvalue weighted by molar-refractivity contribution is -0.147. The number of esters is 1. The average Bonchev–Trinajstić information content (AvgIpc) is 3.26. The molecular weight excluding hydrogens is 425 g/mol. The normalized spacial score (nSPS) is 20.1. The van der Waals surface area contributed by atoms with E-state index >= 15 is 0 Å². The summed E-state index contributed by atoms with van der Waals surface area (Å²) in [6.07, 6.45) is 1.70. The first kappa shape index (κ1) is 23.0. The van der Waals surface area contributed by atoms with E-state index in [1.54, 1.807) is 13.8 Å². The van der Waals surface area contributed by atoms with Crippen LogP contribution in [0.15, 0.2) is 53.6 Å². The third kappa shape index (κ3) is 4.80. The van der Waals surface area contributed by atoms with Crippen LogP contribution in [0.5, 0.6) is 0 Å². The Morgan fingerprint density at radius 2 is 1.87 bits per heavy atom. The highest BCUT2D eigenvalue weighted by atomic mass is 35.5.